The lowest BCUT2D eigenvalue weighted by atomic mass is 10.4. The zero-order valence-corrected chi connectivity index (χ0v) is 7.68. The summed E-state index contributed by atoms with van der Waals surface area (Å²) < 4.78 is 6.08. The zero-order valence-electron chi connectivity index (χ0n) is 7.68. The number of rotatable bonds is 5. The number of hydrogen-bond donors (Lipinski definition) is 0. The third-order valence-corrected chi connectivity index (χ3v) is 1.73. The molecule has 2 nitrogen and oxygen atoms in total. The monoisotopic (exact) mass is 146 g/mol. The van der Waals surface area contributed by atoms with Gasteiger partial charge in [0.1, 0.15) is 6.54 Å². The van der Waals surface area contributed by atoms with Crippen molar-refractivity contribution >= 4 is 0 Å². The molecule has 0 rings (SSSR count). The van der Waals surface area contributed by atoms with Crippen molar-refractivity contribution in [2.24, 2.45) is 0 Å². The number of methoxy groups -OCH3 is 1. The molecule has 10 heavy (non-hydrogen) atoms. The van der Waals surface area contributed by atoms with Crippen molar-refractivity contribution in [1.82, 2.24) is 0 Å². The first-order valence-electron chi connectivity index (χ1n) is 3.93. The van der Waals surface area contributed by atoms with E-state index in [-0.39, 0.29) is 0 Å². The molecule has 0 atom stereocenters. The van der Waals surface area contributed by atoms with E-state index in [4.69, 9.17) is 4.74 Å². The maximum Gasteiger partial charge on any atom is 0.102 e. The molecule has 0 aliphatic rings. The average molecular weight is 146 g/mol. The van der Waals surface area contributed by atoms with Gasteiger partial charge in [-0.25, -0.2) is 0 Å². The highest BCUT2D eigenvalue weighted by Crippen LogP contribution is 1.97. The average Bonchev–Trinajstić information content (AvgIpc) is 1.84. The third-order valence-electron chi connectivity index (χ3n) is 1.73. The van der Waals surface area contributed by atoms with Gasteiger partial charge in [0.15, 0.2) is 0 Å². The molecule has 0 aromatic rings. The van der Waals surface area contributed by atoms with Crippen LogP contribution in [0.1, 0.15) is 13.3 Å². The van der Waals surface area contributed by atoms with Gasteiger partial charge >= 0.3 is 0 Å². The molecule has 0 amide bonds. The predicted octanol–water partition coefficient (Wildman–Crippen LogP) is 1.12. The van der Waals surface area contributed by atoms with E-state index >= 15 is 0 Å². The number of ether oxygens (including phenoxy) is 1. The fourth-order valence-corrected chi connectivity index (χ4v) is 1.06. The van der Waals surface area contributed by atoms with Crippen LogP contribution in [-0.2, 0) is 4.74 Å². The fourth-order valence-electron chi connectivity index (χ4n) is 1.06. The summed E-state index contributed by atoms with van der Waals surface area (Å²) in [6.07, 6.45) is 1.25. The van der Waals surface area contributed by atoms with Gasteiger partial charge in [-0.2, -0.15) is 0 Å². The summed E-state index contributed by atoms with van der Waals surface area (Å²) >= 11 is 0. The Hall–Kier alpha value is -0.0800. The van der Waals surface area contributed by atoms with E-state index in [1.807, 2.05) is 0 Å². The van der Waals surface area contributed by atoms with E-state index in [9.17, 15) is 0 Å². The van der Waals surface area contributed by atoms with E-state index in [1.54, 1.807) is 7.11 Å². The largest absolute Gasteiger partial charge is 0.379 e. The van der Waals surface area contributed by atoms with Crippen molar-refractivity contribution in [3.63, 3.8) is 0 Å². The van der Waals surface area contributed by atoms with Gasteiger partial charge in [-0.3, -0.25) is 0 Å². The maximum absolute atomic E-state index is 5.01. The minimum atomic E-state index is 0.868. The molecule has 0 saturated heterocycles. The summed E-state index contributed by atoms with van der Waals surface area (Å²) in [6, 6.07) is 0. The van der Waals surface area contributed by atoms with Gasteiger partial charge in [0.2, 0.25) is 0 Å². The minimum absolute atomic E-state index is 0.868. The van der Waals surface area contributed by atoms with Gasteiger partial charge < -0.3 is 9.22 Å². The summed E-state index contributed by atoms with van der Waals surface area (Å²) in [4.78, 5) is 0. The molecule has 2 heteroatoms. The molecule has 0 aromatic carbocycles. The molecule has 0 fully saturated rings. The van der Waals surface area contributed by atoms with Crippen LogP contribution in [0.25, 0.3) is 0 Å². The molecule has 0 heterocycles. The Balaban J connectivity index is 3.42. The first kappa shape index (κ1) is 9.92. The predicted molar refractivity (Wildman–Crippen MR) is 44.0 cm³/mol. The van der Waals surface area contributed by atoms with E-state index in [1.165, 1.54) is 13.0 Å². The van der Waals surface area contributed by atoms with Crippen LogP contribution in [0, 0.1) is 0 Å². The van der Waals surface area contributed by atoms with Gasteiger partial charge in [0.25, 0.3) is 0 Å². The Bertz CT molecular complexity index is 81.3. The molecule has 0 saturated carbocycles. The number of hydrogen-bond acceptors (Lipinski definition) is 1. The summed E-state index contributed by atoms with van der Waals surface area (Å²) in [7, 11) is 6.23. The third kappa shape index (κ3) is 4.77. The van der Waals surface area contributed by atoms with E-state index < -0.39 is 0 Å². The van der Waals surface area contributed by atoms with Crippen LogP contribution < -0.4 is 0 Å². The van der Waals surface area contributed by atoms with Gasteiger partial charge in [-0.15, -0.1) is 0 Å². The van der Waals surface area contributed by atoms with Crippen molar-refractivity contribution < 1.29 is 9.22 Å². The highest BCUT2D eigenvalue weighted by Gasteiger charge is 2.11. The summed E-state index contributed by atoms with van der Waals surface area (Å²) in [5.74, 6) is 0. The molecule has 0 N–H and O–H groups in total. The van der Waals surface area contributed by atoms with Crippen molar-refractivity contribution in [1.29, 1.82) is 0 Å². The van der Waals surface area contributed by atoms with Gasteiger partial charge in [0, 0.05) is 7.11 Å². The van der Waals surface area contributed by atoms with Crippen LogP contribution in [0.4, 0.5) is 0 Å². The van der Waals surface area contributed by atoms with Gasteiger partial charge in [-0.05, 0) is 6.42 Å². The Morgan fingerprint density at radius 2 is 1.80 bits per heavy atom. The number of likely N-dealkylation sites (N-methyl/N-ethyl adjacent to an activating group) is 1. The SMILES string of the molecule is CCC[N+](C)(C)CCOC. The second kappa shape index (κ2) is 4.69. The first-order chi connectivity index (χ1) is 4.62. The Labute approximate surface area is 64.4 Å². The van der Waals surface area contributed by atoms with E-state index in [0.717, 1.165) is 17.6 Å². The molecule has 0 aliphatic carbocycles. The summed E-state index contributed by atoms with van der Waals surface area (Å²) in [5, 5.41) is 0. The first-order valence-corrected chi connectivity index (χ1v) is 3.93. The molecule has 0 aliphatic heterocycles. The fraction of sp³-hybridized carbons (Fsp3) is 1.00. The van der Waals surface area contributed by atoms with Crippen molar-refractivity contribution in [3.05, 3.63) is 0 Å². The lowest BCUT2D eigenvalue weighted by molar-refractivity contribution is -0.890. The van der Waals surface area contributed by atoms with Crippen LogP contribution in [0.3, 0.4) is 0 Å². The molecule has 0 radical (unpaired) electrons. The lowest BCUT2D eigenvalue weighted by Crippen LogP contribution is -2.42. The number of quaternary nitrogens is 1. The standard InChI is InChI=1S/C8H20NO/c1-5-6-9(2,3)7-8-10-4/h5-8H2,1-4H3/q+1. The molecule has 0 bridgehead atoms. The molecular formula is C8H20NO+. The van der Waals surface area contributed by atoms with Crippen LogP contribution in [0.15, 0.2) is 0 Å². The summed E-state index contributed by atoms with van der Waals surface area (Å²) in [5.41, 5.74) is 0. The Morgan fingerprint density at radius 3 is 2.20 bits per heavy atom. The highest BCUT2D eigenvalue weighted by molar-refractivity contribution is 4.31. The molecule has 0 aromatic heterocycles. The highest BCUT2D eigenvalue weighted by atomic mass is 16.5. The lowest BCUT2D eigenvalue weighted by Gasteiger charge is -2.28. The quantitative estimate of drug-likeness (QED) is 0.528. The topological polar surface area (TPSA) is 9.23 Å². The van der Waals surface area contributed by atoms with Crippen molar-refractivity contribution in [3.8, 4) is 0 Å². The molecule has 0 unspecified atom stereocenters. The van der Waals surface area contributed by atoms with Gasteiger partial charge in [0.05, 0.1) is 27.2 Å². The van der Waals surface area contributed by atoms with Crippen LogP contribution >= 0.6 is 0 Å². The van der Waals surface area contributed by atoms with Crippen LogP contribution in [0.5, 0.6) is 0 Å². The minimum Gasteiger partial charge on any atom is -0.379 e. The van der Waals surface area contributed by atoms with Crippen LogP contribution in [-0.4, -0.2) is 45.4 Å². The molecular weight excluding hydrogens is 126 g/mol. The number of nitrogens with zero attached hydrogens (tertiary/aromatic N) is 1. The van der Waals surface area contributed by atoms with Crippen molar-refractivity contribution in [2.45, 2.75) is 13.3 Å². The van der Waals surface area contributed by atoms with Crippen molar-refractivity contribution in [2.75, 3.05) is 40.9 Å². The second-order valence-corrected chi connectivity index (χ2v) is 3.38. The Morgan fingerprint density at radius 1 is 1.20 bits per heavy atom. The molecule has 0 spiro atoms. The molecule has 62 valence electrons. The van der Waals surface area contributed by atoms with Crippen LogP contribution in [0.2, 0.25) is 0 Å². The zero-order chi connectivity index (χ0) is 8.04. The second-order valence-electron chi connectivity index (χ2n) is 3.38. The van der Waals surface area contributed by atoms with Gasteiger partial charge in [-0.1, -0.05) is 6.92 Å². The normalized spacial score (nSPS) is 12.0. The maximum atomic E-state index is 5.01. The smallest absolute Gasteiger partial charge is 0.102 e. The van der Waals surface area contributed by atoms with E-state index in [2.05, 4.69) is 21.0 Å². The Kier molecular flexibility index (Phi) is 4.65. The summed E-state index contributed by atoms with van der Waals surface area (Å²) in [6.45, 7) is 5.44. The van der Waals surface area contributed by atoms with E-state index in [0.29, 0.717) is 0 Å².